The van der Waals surface area contributed by atoms with Crippen molar-refractivity contribution in [3.05, 3.63) is 27.1 Å². The van der Waals surface area contributed by atoms with Crippen molar-refractivity contribution in [3.8, 4) is 0 Å². The Morgan fingerprint density at radius 1 is 1.26 bits per heavy atom. The van der Waals surface area contributed by atoms with E-state index in [4.69, 9.17) is 0 Å². The van der Waals surface area contributed by atoms with Crippen molar-refractivity contribution in [2.45, 2.75) is 23.8 Å². The van der Waals surface area contributed by atoms with Gasteiger partial charge in [-0.3, -0.25) is 0 Å². The number of benzene rings is 1. The molecule has 8 heteroatoms. The molecule has 0 aliphatic heterocycles. The molecule has 0 fully saturated rings. The number of aliphatic hydroxyl groups excluding tert-OH is 2. The van der Waals surface area contributed by atoms with Crippen molar-refractivity contribution < 1.29 is 18.6 Å². The summed E-state index contributed by atoms with van der Waals surface area (Å²) in [5, 5.41) is 18.6. The number of halogens is 2. The van der Waals surface area contributed by atoms with Gasteiger partial charge < -0.3 is 10.2 Å². The van der Waals surface area contributed by atoms with Crippen molar-refractivity contribution in [1.29, 1.82) is 0 Å². The van der Waals surface area contributed by atoms with Crippen LogP contribution >= 0.6 is 31.9 Å². The van der Waals surface area contributed by atoms with E-state index < -0.39 is 28.8 Å². The van der Waals surface area contributed by atoms with Gasteiger partial charge in [0.05, 0.1) is 23.6 Å². The van der Waals surface area contributed by atoms with E-state index in [0.29, 0.717) is 4.47 Å². The first-order valence-electron chi connectivity index (χ1n) is 5.51. The lowest BCUT2D eigenvalue weighted by Gasteiger charge is -2.29. The summed E-state index contributed by atoms with van der Waals surface area (Å²) in [6.07, 6.45) is 0.271. The molecule has 0 aromatic heterocycles. The molecule has 0 radical (unpaired) electrons. The van der Waals surface area contributed by atoms with Crippen LogP contribution in [0.15, 0.2) is 32.0 Å². The molecule has 0 aliphatic carbocycles. The third kappa shape index (κ3) is 3.99. The molecule has 1 aromatic rings. The molecule has 0 bridgehead atoms. The molecule has 0 saturated heterocycles. The highest BCUT2D eigenvalue weighted by atomic mass is 79.9. The van der Waals surface area contributed by atoms with Crippen LogP contribution in [0.25, 0.3) is 0 Å². The number of aliphatic hydroxyl groups is 2. The molecular weight excluding hydrogens is 402 g/mol. The van der Waals surface area contributed by atoms with E-state index in [1.807, 2.05) is 0 Å². The van der Waals surface area contributed by atoms with Gasteiger partial charge >= 0.3 is 0 Å². The number of rotatable bonds is 6. The fourth-order valence-electron chi connectivity index (χ4n) is 1.44. The monoisotopic (exact) mass is 415 g/mol. The van der Waals surface area contributed by atoms with Crippen molar-refractivity contribution in [2.24, 2.45) is 0 Å². The summed E-state index contributed by atoms with van der Waals surface area (Å²) in [4.78, 5) is 0.0513. The number of sulfonamides is 1. The van der Waals surface area contributed by atoms with Crippen LogP contribution < -0.4 is 4.72 Å². The van der Waals surface area contributed by atoms with Gasteiger partial charge in [-0.1, -0.05) is 22.9 Å². The minimum atomic E-state index is -3.84. The zero-order valence-corrected chi connectivity index (χ0v) is 14.2. The molecule has 1 rings (SSSR count). The van der Waals surface area contributed by atoms with E-state index in [0.717, 1.165) is 4.47 Å². The first-order valence-corrected chi connectivity index (χ1v) is 8.58. The molecule has 108 valence electrons. The Morgan fingerprint density at radius 2 is 1.84 bits per heavy atom. The lowest BCUT2D eigenvalue weighted by atomic mass is 10.0. The van der Waals surface area contributed by atoms with Gasteiger partial charge in [0.15, 0.2) is 0 Å². The second kappa shape index (κ2) is 6.64. The van der Waals surface area contributed by atoms with Crippen LogP contribution in [0.2, 0.25) is 0 Å². The Hall–Kier alpha value is 0.01000. The Bertz CT molecular complexity index is 535. The van der Waals surface area contributed by atoms with Crippen molar-refractivity contribution in [3.63, 3.8) is 0 Å². The predicted molar refractivity (Wildman–Crippen MR) is 79.4 cm³/mol. The highest BCUT2D eigenvalue weighted by molar-refractivity contribution is 9.11. The van der Waals surface area contributed by atoms with Gasteiger partial charge in [0, 0.05) is 8.95 Å². The van der Waals surface area contributed by atoms with E-state index in [-0.39, 0.29) is 11.3 Å². The summed E-state index contributed by atoms with van der Waals surface area (Å²) in [6.45, 7) is 0.729. The SMILES string of the molecule is CCC(CO)(CO)NS(=O)(=O)c1ccc(Br)cc1Br. The minimum Gasteiger partial charge on any atom is -0.394 e. The van der Waals surface area contributed by atoms with Crippen LogP contribution in [0, 0.1) is 0 Å². The first-order chi connectivity index (χ1) is 8.80. The zero-order chi connectivity index (χ0) is 14.7. The summed E-state index contributed by atoms with van der Waals surface area (Å²) >= 11 is 6.42. The molecule has 1 aromatic carbocycles. The van der Waals surface area contributed by atoms with Crippen LogP contribution in [-0.4, -0.2) is 37.4 Å². The van der Waals surface area contributed by atoms with Crippen molar-refractivity contribution >= 4 is 41.9 Å². The summed E-state index contributed by atoms with van der Waals surface area (Å²) in [7, 11) is -3.84. The Balaban J connectivity index is 3.17. The van der Waals surface area contributed by atoms with E-state index in [2.05, 4.69) is 36.6 Å². The number of nitrogens with one attached hydrogen (secondary N) is 1. The van der Waals surface area contributed by atoms with Crippen molar-refractivity contribution in [1.82, 2.24) is 4.72 Å². The molecule has 0 heterocycles. The summed E-state index contributed by atoms with van der Waals surface area (Å²) in [6, 6.07) is 4.65. The Morgan fingerprint density at radius 3 is 2.26 bits per heavy atom. The first kappa shape index (κ1) is 17.1. The van der Waals surface area contributed by atoms with E-state index in [1.165, 1.54) is 6.07 Å². The summed E-state index contributed by atoms with van der Waals surface area (Å²) in [5.41, 5.74) is -1.26. The maximum atomic E-state index is 12.3. The van der Waals surface area contributed by atoms with E-state index >= 15 is 0 Å². The highest BCUT2D eigenvalue weighted by Crippen LogP contribution is 2.27. The molecule has 0 unspecified atom stereocenters. The van der Waals surface area contributed by atoms with Crippen molar-refractivity contribution in [2.75, 3.05) is 13.2 Å². The van der Waals surface area contributed by atoms with Gasteiger partial charge in [0.25, 0.3) is 0 Å². The average Bonchev–Trinajstić information content (AvgIpc) is 2.35. The summed E-state index contributed by atoms with van der Waals surface area (Å²) < 4.78 is 28.1. The smallest absolute Gasteiger partial charge is 0.242 e. The second-order valence-corrected chi connectivity index (χ2v) is 7.55. The topological polar surface area (TPSA) is 86.6 Å². The molecule has 19 heavy (non-hydrogen) atoms. The van der Waals surface area contributed by atoms with Gasteiger partial charge in [-0.15, -0.1) is 0 Å². The third-order valence-electron chi connectivity index (χ3n) is 2.82. The molecule has 0 amide bonds. The Kier molecular flexibility index (Phi) is 5.96. The zero-order valence-electron chi connectivity index (χ0n) is 10.2. The quantitative estimate of drug-likeness (QED) is 0.657. The van der Waals surface area contributed by atoms with Crippen LogP contribution in [-0.2, 0) is 10.0 Å². The normalized spacial score (nSPS) is 12.7. The maximum absolute atomic E-state index is 12.3. The molecular formula is C11H15Br2NO4S. The molecule has 0 aliphatic rings. The lowest BCUT2D eigenvalue weighted by molar-refractivity contribution is 0.105. The standard InChI is InChI=1S/C11H15Br2NO4S/c1-2-11(6-15,7-16)14-19(17,18)10-4-3-8(12)5-9(10)13/h3-5,14-16H,2,6-7H2,1H3. The largest absolute Gasteiger partial charge is 0.394 e. The van der Waals surface area contributed by atoms with Crippen LogP contribution in [0.4, 0.5) is 0 Å². The average molecular weight is 417 g/mol. The summed E-state index contributed by atoms with van der Waals surface area (Å²) in [5.74, 6) is 0. The second-order valence-electron chi connectivity index (χ2n) is 4.13. The van der Waals surface area contributed by atoms with Crippen LogP contribution in [0.3, 0.4) is 0 Å². The third-order valence-corrected chi connectivity index (χ3v) is 5.86. The highest BCUT2D eigenvalue weighted by Gasteiger charge is 2.33. The van der Waals surface area contributed by atoms with Gasteiger partial charge in [-0.25, -0.2) is 13.1 Å². The fraction of sp³-hybridized carbons (Fsp3) is 0.455. The van der Waals surface area contributed by atoms with Gasteiger partial charge in [0.1, 0.15) is 0 Å². The lowest BCUT2D eigenvalue weighted by Crippen LogP contribution is -2.53. The maximum Gasteiger partial charge on any atom is 0.242 e. The molecule has 0 atom stereocenters. The predicted octanol–water partition coefficient (Wildman–Crippen LogP) is 1.62. The number of hydrogen-bond donors (Lipinski definition) is 3. The Labute approximate surface area is 129 Å². The van der Waals surface area contributed by atoms with Gasteiger partial charge in [-0.2, -0.15) is 0 Å². The molecule has 0 spiro atoms. The molecule has 3 N–H and O–H groups in total. The van der Waals surface area contributed by atoms with E-state index in [9.17, 15) is 18.6 Å². The fourth-order valence-corrected chi connectivity index (χ4v) is 4.65. The van der Waals surface area contributed by atoms with Crippen LogP contribution in [0.5, 0.6) is 0 Å². The number of hydrogen-bond acceptors (Lipinski definition) is 4. The van der Waals surface area contributed by atoms with Crippen LogP contribution in [0.1, 0.15) is 13.3 Å². The molecule has 5 nitrogen and oxygen atoms in total. The minimum absolute atomic E-state index is 0.0513. The van der Waals surface area contributed by atoms with Gasteiger partial charge in [0.2, 0.25) is 10.0 Å². The van der Waals surface area contributed by atoms with E-state index in [1.54, 1.807) is 19.1 Å². The molecule has 0 saturated carbocycles. The van der Waals surface area contributed by atoms with Gasteiger partial charge in [-0.05, 0) is 40.5 Å².